The van der Waals surface area contributed by atoms with Gasteiger partial charge in [0, 0.05) is 12.1 Å². The van der Waals surface area contributed by atoms with E-state index in [4.69, 9.17) is 10.8 Å². The summed E-state index contributed by atoms with van der Waals surface area (Å²) in [5.74, 6) is 0.381. The van der Waals surface area contributed by atoms with Gasteiger partial charge < -0.3 is 15.9 Å². The second-order valence-corrected chi connectivity index (χ2v) is 4.35. The van der Waals surface area contributed by atoms with Crippen LogP contribution in [0.1, 0.15) is 6.42 Å². The maximum absolute atomic E-state index is 9.49. The molecule has 1 aliphatic carbocycles. The molecule has 0 bridgehead atoms. The summed E-state index contributed by atoms with van der Waals surface area (Å²) < 4.78 is 1.76. The van der Waals surface area contributed by atoms with Crippen LogP contribution in [-0.4, -0.2) is 42.4 Å². The van der Waals surface area contributed by atoms with E-state index in [9.17, 15) is 5.11 Å². The van der Waals surface area contributed by atoms with Gasteiger partial charge in [0.2, 0.25) is 0 Å². The van der Waals surface area contributed by atoms with Crippen LogP contribution in [0.4, 0.5) is 5.82 Å². The van der Waals surface area contributed by atoms with Crippen LogP contribution in [0.15, 0.2) is 18.2 Å². The largest absolute Gasteiger partial charge is 0.394 e. The number of imidazole rings is 1. The molecule has 94 valence electrons. The fraction of sp³-hybridized carbons (Fsp3) is 0.364. The molecule has 7 heteroatoms. The first kappa shape index (κ1) is 11.1. The molecule has 0 aliphatic heterocycles. The van der Waals surface area contributed by atoms with Crippen LogP contribution in [0, 0.1) is 5.92 Å². The summed E-state index contributed by atoms with van der Waals surface area (Å²) in [6, 6.07) is 0. The van der Waals surface area contributed by atoms with Gasteiger partial charge in [-0.3, -0.25) is 4.57 Å². The second-order valence-electron chi connectivity index (χ2n) is 4.35. The Morgan fingerprint density at radius 2 is 2.33 bits per heavy atom. The number of anilines is 1. The van der Waals surface area contributed by atoms with Crippen molar-refractivity contribution in [2.24, 2.45) is 5.92 Å². The van der Waals surface area contributed by atoms with E-state index >= 15 is 0 Å². The van der Waals surface area contributed by atoms with Gasteiger partial charge in [-0.05, 0) is 12.0 Å². The molecule has 2 atom stereocenters. The number of aliphatic hydroxyl groups is 2. The fourth-order valence-corrected chi connectivity index (χ4v) is 2.00. The number of rotatable bonds is 3. The van der Waals surface area contributed by atoms with E-state index < -0.39 is 6.10 Å². The molecule has 0 saturated heterocycles. The highest BCUT2D eigenvalue weighted by Gasteiger charge is 2.36. The van der Waals surface area contributed by atoms with Gasteiger partial charge in [0.15, 0.2) is 17.0 Å². The van der Waals surface area contributed by atoms with Crippen LogP contribution >= 0.6 is 0 Å². The van der Waals surface area contributed by atoms with E-state index in [1.807, 2.05) is 6.20 Å². The average Bonchev–Trinajstić information content (AvgIpc) is 3.02. The molecule has 1 aliphatic rings. The lowest BCUT2D eigenvalue weighted by Gasteiger charge is -2.01. The number of nitrogens with zero attached hydrogens (tertiary/aromatic N) is 4. The maximum Gasteiger partial charge on any atom is 0.169 e. The van der Waals surface area contributed by atoms with Crippen molar-refractivity contribution in [3.05, 3.63) is 18.2 Å². The zero-order chi connectivity index (χ0) is 12.7. The summed E-state index contributed by atoms with van der Waals surface area (Å²) in [5, 5.41) is 18.4. The van der Waals surface area contributed by atoms with Gasteiger partial charge in [0.1, 0.15) is 12.7 Å². The Morgan fingerprint density at radius 1 is 1.50 bits per heavy atom. The summed E-state index contributed by atoms with van der Waals surface area (Å²) in [7, 11) is 0. The number of hydrogen-bond donors (Lipinski definition) is 3. The van der Waals surface area contributed by atoms with Gasteiger partial charge in [0.05, 0.1) is 12.7 Å². The SMILES string of the molecule is Nc1ncnc2c1ncn2/C=C1/C[C@@H]1[C@@H](O)CO. The van der Waals surface area contributed by atoms with Crippen molar-refractivity contribution < 1.29 is 10.2 Å². The molecule has 18 heavy (non-hydrogen) atoms. The Hall–Kier alpha value is -1.99. The molecule has 3 rings (SSSR count). The van der Waals surface area contributed by atoms with E-state index in [0.717, 1.165) is 12.0 Å². The van der Waals surface area contributed by atoms with Gasteiger partial charge in [-0.25, -0.2) is 15.0 Å². The number of fused-ring (bicyclic) bond motifs is 1. The Kier molecular flexibility index (Phi) is 2.49. The molecule has 2 heterocycles. The molecule has 1 fully saturated rings. The van der Waals surface area contributed by atoms with Crippen LogP contribution in [0.5, 0.6) is 0 Å². The summed E-state index contributed by atoms with van der Waals surface area (Å²) in [6.07, 6.45) is 4.96. The number of nitrogen functional groups attached to an aromatic ring is 1. The highest BCUT2D eigenvalue weighted by atomic mass is 16.3. The first-order valence-electron chi connectivity index (χ1n) is 5.63. The van der Waals surface area contributed by atoms with E-state index in [-0.39, 0.29) is 12.5 Å². The van der Waals surface area contributed by atoms with E-state index in [2.05, 4.69) is 15.0 Å². The molecule has 0 spiro atoms. The lowest BCUT2D eigenvalue weighted by molar-refractivity contribution is 0.0815. The molecular formula is C11H13N5O2. The molecule has 2 aromatic rings. The molecule has 2 aromatic heterocycles. The summed E-state index contributed by atoms with van der Waals surface area (Å²) in [4.78, 5) is 12.1. The number of nitrogens with two attached hydrogens (primary N) is 1. The third-order valence-corrected chi connectivity index (χ3v) is 3.12. The Morgan fingerprint density at radius 3 is 3.11 bits per heavy atom. The average molecular weight is 247 g/mol. The van der Waals surface area contributed by atoms with Gasteiger partial charge >= 0.3 is 0 Å². The van der Waals surface area contributed by atoms with Crippen LogP contribution < -0.4 is 5.73 Å². The molecule has 1 saturated carbocycles. The lowest BCUT2D eigenvalue weighted by atomic mass is 10.2. The van der Waals surface area contributed by atoms with Gasteiger partial charge in [-0.2, -0.15) is 0 Å². The van der Waals surface area contributed by atoms with Crippen LogP contribution in [0.2, 0.25) is 0 Å². The molecule has 0 radical (unpaired) electrons. The zero-order valence-electron chi connectivity index (χ0n) is 9.56. The highest BCUT2D eigenvalue weighted by Crippen LogP contribution is 2.41. The van der Waals surface area contributed by atoms with Crippen LogP contribution in [-0.2, 0) is 0 Å². The molecular weight excluding hydrogens is 234 g/mol. The highest BCUT2D eigenvalue weighted by molar-refractivity contribution is 5.82. The number of aromatic nitrogens is 4. The first-order chi connectivity index (χ1) is 8.70. The Balaban J connectivity index is 1.93. The quantitative estimate of drug-likeness (QED) is 0.682. The van der Waals surface area contributed by atoms with Crippen molar-refractivity contribution in [3.63, 3.8) is 0 Å². The smallest absolute Gasteiger partial charge is 0.169 e. The predicted molar refractivity (Wildman–Crippen MR) is 65.2 cm³/mol. The maximum atomic E-state index is 9.49. The van der Waals surface area contributed by atoms with Gasteiger partial charge in [-0.15, -0.1) is 0 Å². The van der Waals surface area contributed by atoms with Crippen molar-refractivity contribution >= 4 is 23.2 Å². The molecule has 7 nitrogen and oxygen atoms in total. The number of aliphatic hydroxyl groups excluding tert-OH is 2. The lowest BCUT2D eigenvalue weighted by Crippen LogP contribution is -2.14. The first-order valence-corrected chi connectivity index (χ1v) is 5.63. The third kappa shape index (κ3) is 1.73. The van der Waals surface area contributed by atoms with Crippen molar-refractivity contribution in [3.8, 4) is 0 Å². The topological polar surface area (TPSA) is 110 Å². The third-order valence-electron chi connectivity index (χ3n) is 3.12. The normalized spacial score (nSPS) is 22.6. The molecule has 4 N–H and O–H groups in total. The fourth-order valence-electron chi connectivity index (χ4n) is 2.00. The van der Waals surface area contributed by atoms with Crippen LogP contribution in [0.3, 0.4) is 0 Å². The Bertz CT molecular complexity index is 621. The summed E-state index contributed by atoms with van der Waals surface area (Å²) in [5.41, 5.74) is 7.96. The van der Waals surface area contributed by atoms with Gasteiger partial charge in [-0.1, -0.05) is 0 Å². The molecule has 0 unspecified atom stereocenters. The summed E-state index contributed by atoms with van der Waals surface area (Å²) in [6.45, 7) is -0.220. The molecule has 0 aromatic carbocycles. The second kappa shape index (κ2) is 4.04. The van der Waals surface area contributed by atoms with Crippen molar-refractivity contribution in [1.29, 1.82) is 0 Å². The van der Waals surface area contributed by atoms with Crippen molar-refractivity contribution in [2.45, 2.75) is 12.5 Å². The van der Waals surface area contributed by atoms with Gasteiger partial charge in [0.25, 0.3) is 0 Å². The predicted octanol–water partition coefficient (Wildman–Crippen LogP) is -0.378. The van der Waals surface area contributed by atoms with E-state index in [1.54, 1.807) is 10.9 Å². The standard InChI is InChI=1S/C11H13N5O2/c12-10-9-11(14-4-13-10)16(5-15-9)2-6-1-7(6)8(18)3-17/h2,4-5,7-8,17-18H,1,3H2,(H2,12,13,14)/b6-2-/t7-,8-/m0/s1. The zero-order valence-corrected chi connectivity index (χ0v) is 9.56. The Labute approximate surface area is 103 Å². The van der Waals surface area contributed by atoms with E-state index in [1.165, 1.54) is 6.33 Å². The minimum atomic E-state index is -0.689. The monoisotopic (exact) mass is 247 g/mol. The summed E-state index contributed by atoms with van der Waals surface area (Å²) >= 11 is 0. The van der Waals surface area contributed by atoms with Crippen molar-refractivity contribution in [1.82, 2.24) is 19.5 Å². The number of hydrogen-bond acceptors (Lipinski definition) is 6. The molecule has 0 amide bonds. The van der Waals surface area contributed by atoms with Crippen molar-refractivity contribution in [2.75, 3.05) is 12.3 Å². The minimum Gasteiger partial charge on any atom is -0.394 e. The minimum absolute atomic E-state index is 0.0339. The van der Waals surface area contributed by atoms with E-state index in [0.29, 0.717) is 17.0 Å². The van der Waals surface area contributed by atoms with Crippen LogP contribution in [0.25, 0.3) is 17.4 Å².